The van der Waals surface area contributed by atoms with Crippen LogP contribution in [-0.2, 0) is 4.79 Å². The summed E-state index contributed by atoms with van der Waals surface area (Å²) in [6.45, 7) is 0. The van der Waals surface area contributed by atoms with Gasteiger partial charge in [-0.25, -0.2) is 0 Å². The van der Waals surface area contributed by atoms with Crippen LogP contribution in [0.1, 0.15) is 5.56 Å². The van der Waals surface area contributed by atoms with E-state index < -0.39 is 5.91 Å². The molecule has 2 rings (SSSR count). The van der Waals surface area contributed by atoms with Crippen molar-refractivity contribution >= 4 is 17.9 Å². The van der Waals surface area contributed by atoms with E-state index in [4.69, 9.17) is 11.1 Å². The van der Waals surface area contributed by atoms with Crippen molar-refractivity contribution in [3.8, 4) is 11.1 Å². The molecule has 0 saturated heterocycles. The van der Waals surface area contributed by atoms with Crippen LogP contribution in [0.3, 0.4) is 0 Å². The molecule has 0 fully saturated rings. The number of hydrogen-bond donors (Lipinski definition) is 3. The van der Waals surface area contributed by atoms with Crippen molar-refractivity contribution in [3.05, 3.63) is 66.2 Å². The van der Waals surface area contributed by atoms with Crippen molar-refractivity contribution in [3.63, 3.8) is 0 Å². The number of benzene rings is 2. The number of nitrogens with one attached hydrogen (secondary N) is 2. The lowest BCUT2D eigenvalue weighted by Gasteiger charge is -2.02. The van der Waals surface area contributed by atoms with Crippen LogP contribution in [0.25, 0.3) is 17.2 Å². The maximum absolute atomic E-state index is 11.4. The Bertz CT molecular complexity index is 648. The molecule has 1 amide bonds. The van der Waals surface area contributed by atoms with Gasteiger partial charge in [0.05, 0.1) is 0 Å². The molecule has 0 aromatic heterocycles. The molecule has 4 heteroatoms. The summed E-state index contributed by atoms with van der Waals surface area (Å²) in [7, 11) is 0. The smallest absolute Gasteiger partial charge is 0.250 e. The number of hydrogen-bond acceptors (Lipinski definition) is 2. The van der Waals surface area contributed by atoms with Gasteiger partial charge in [-0.05, 0) is 28.8 Å². The fourth-order valence-corrected chi connectivity index (χ4v) is 1.80. The van der Waals surface area contributed by atoms with Gasteiger partial charge in [0.25, 0.3) is 5.91 Å². The minimum atomic E-state index is -0.414. The average Bonchev–Trinajstić information content (AvgIpc) is 2.46. The normalized spacial score (nSPS) is 10.4. The number of guanidine groups is 1. The Kier molecular flexibility index (Phi) is 4.29. The van der Waals surface area contributed by atoms with Gasteiger partial charge in [0.1, 0.15) is 0 Å². The molecule has 4 nitrogen and oxygen atoms in total. The van der Waals surface area contributed by atoms with Crippen molar-refractivity contribution in [2.24, 2.45) is 5.73 Å². The minimum Gasteiger partial charge on any atom is -0.370 e. The first-order valence-corrected chi connectivity index (χ1v) is 6.14. The SMILES string of the molecule is N=C(N)NC(=O)C=Cc1cccc(-c2ccccc2)c1. The first kappa shape index (κ1) is 13.5. The maximum Gasteiger partial charge on any atom is 0.250 e. The zero-order chi connectivity index (χ0) is 14.4. The molecule has 0 saturated carbocycles. The summed E-state index contributed by atoms with van der Waals surface area (Å²) in [6, 6.07) is 17.9. The first-order valence-electron chi connectivity index (χ1n) is 6.14. The van der Waals surface area contributed by atoms with Gasteiger partial charge in [-0.15, -0.1) is 0 Å². The molecule has 0 radical (unpaired) electrons. The second-order valence-electron chi connectivity index (χ2n) is 4.23. The molecule has 0 bridgehead atoms. The predicted octanol–water partition coefficient (Wildman–Crippen LogP) is 2.38. The fourth-order valence-electron chi connectivity index (χ4n) is 1.80. The Hall–Kier alpha value is -2.88. The highest BCUT2D eigenvalue weighted by Crippen LogP contribution is 2.20. The third-order valence-corrected chi connectivity index (χ3v) is 2.68. The van der Waals surface area contributed by atoms with Crippen LogP contribution in [0, 0.1) is 5.41 Å². The zero-order valence-corrected chi connectivity index (χ0v) is 10.8. The van der Waals surface area contributed by atoms with Crippen LogP contribution in [0.15, 0.2) is 60.7 Å². The molecule has 20 heavy (non-hydrogen) atoms. The van der Waals surface area contributed by atoms with E-state index in [1.807, 2.05) is 54.6 Å². The summed E-state index contributed by atoms with van der Waals surface area (Å²) in [6.07, 6.45) is 3.04. The Morgan fingerprint density at radius 3 is 2.45 bits per heavy atom. The van der Waals surface area contributed by atoms with Crippen LogP contribution in [0.2, 0.25) is 0 Å². The van der Waals surface area contributed by atoms with Crippen molar-refractivity contribution in [1.82, 2.24) is 5.32 Å². The van der Waals surface area contributed by atoms with Gasteiger partial charge in [0, 0.05) is 6.08 Å². The van der Waals surface area contributed by atoms with Crippen molar-refractivity contribution < 1.29 is 4.79 Å². The lowest BCUT2D eigenvalue weighted by atomic mass is 10.0. The number of rotatable bonds is 3. The Morgan fingerprint density at radius 2 is 1.75 bits per heavy atom. The van der Waals surface area contributed by atoms with Crippen LogP contribution >= 0.6 is 0 Å². The Labute approximate surface area is 117 Å². The van der Waals surface area contributed by atoms with Gasteiger partial charge in [-0.3, -0.25) is 15.5 Å². The fraction of sp³-hybridized carbons (Fsp3) is 0. The highest BCUT2D eigenvalue weighted by Gasteiger charge is 1.98. The quantitative estimate of drug-likeness (QED) is 0.452. The molecule has 4 N–H and O–H groups in total. The molecular formula is C16H15N3O. The van der Waals surface area contributed by atoms with Crippen LogP contribution in [0.4, 0.5) is 0 Å². The second-order valence-corrected chi connectivity index (χ2v) is 4.23. The van der Waals surface area contributed by atoms with E-state index in [2.05, 4.69) is 5.32 Å². The third kappa shape index (κ3) is 3.81. The maximum atomic E-state index is 11.4. The highest BCUT2D eigenvalue weighted by atomic mass is 16.1. The third-order valence-electron chi connectivity index (χ3n) is 2.68. The van der Waals surface area contributed by atoms with Crippen molar-refractivity contribution in [2.45, 2.75) is 0 Å². The summed E-state index contributed by atoms with van der Waals surface area (Å²) in [5.41, 5.74) is 8.19. The van der Waals surface area contributed by atoms with E-state index in [1.54, 1.807) is 6.08 Å². The van der Waals surface area contributed by atoms with E-state index in [0.29, 0.717) is 0 Å². The summed E-state index contributed by atoms with van der Waals surface area (Å²) in [4.78, 5) is 11.4. The van der Waals surface area contributed by atoms with Gasteiger partial charge in [0.15, 0.2) is 5.96 Å². The second kappa shape index (κ2) is 6.33. The van der Waals surface area contributed by atoms with E-state index in [-0.39, 0.29) is 5.96 Å². The van der Waals surface area contributed by atoms with Crippen LogP contribution in [0.5, 0.6) is 0 Å². The summed E-state index contributed by atoms with van der Waals surface area (Å²) in [5.74, 6) is -0.777. The van der Waals surface area contributed by atoms with Gasteiger partial charge < -0.3 is 5.73 Å². The molecule has 0 spiro atoms. The molecule has 0 aliphatic heterocycles. The summed E-state index contributed by atoms with van der Waals surface area (Å²) >= 11 is 0. The number of carbonyl (C=O) groups is 1. The Morgan fingerprint density at radius 1 is 1.05 bits per heavy atom. The molecule has 0 aliphatic rings. The van der Waals surface area contributed by atoms with Gasteiger partial charge in [0.2, 0.25) is 0 Å². The monoisotopic (exact) mass is 265 g/mol. The molecule has 0 heterocycles. The number of nitrogens with two attached hydrogens (primary N) is 1. The van der Waals surface area contributed by atoms with E-state index in [0.717, 1.165) is 16.7 Å². The number of carbonyl (C=O) groups excluding carboxylic acids is 1. The molecule has 100 valence electrons. The lowest BCUT2D eigenvalue weighted by molar-refractivity contribution is -0.115. The average molecular weight is 265 g/mol. The standard InChI is InChI=1S/C16H15N3O/c17-16(18)19-15(20)10-9-12-5-4-8-14(11-12)13-6-2-1-3-7-13/h1-11H,(H4,17,18,19,20). The largest absolute Gasteiger partial charge is 0.370 e. The Balaban J connectivity index is 2.17. The topological polar surface area (TPSA) is 79.0 Å². The van der Waals surface area contributed by atoms with Gasteiger partial charge >= 0.3 is 0 Å². The first-order chi connectivity index (χ1) is 9.65. The van der Waals surface area contributed by atoms with Gasteiger partial charge in [-0.2, -0.15) is 0 Å². The summed E-state index contributed by atoms with van der Waals surface area (Å²) < 4.78 is 0. The predicted molar refractivity (Wildman–Crippen MR) is 81.0 cm³/mol. The van der Waals surface area contributed by atoms with E-state index >= 15 is 0 Å². The highest BCUT2D eigenvalue weighted by molar-refractivity contribution is 6.02. The van der Waals surface area contributed by atoms with Gasteiger partial charge in [-0.1, -0.05) is 48.5 Å². The lowest BCUT2D eigenvalue weighted by Crippen LogP contribution is -2.34. The minimum absolute atomic E-state index is 0.363. The number of amides is 1. The molecular weight excluding hydrogens is 250 g/mol. The summed E-state index contributed by atoms with van der Waals surface area (Å²) in [5, 5.41) is 9.16. The van der Waals surface area contributed by atoms with Crippen molar-refractivity contribution in [1.29, 1.82) is 5.41 Å². The van der Waals surface area contributed by atoms with E-state index in [9.17, 15) is 4.79 Å². The van der Waals surface area contributed by atoms with Crippen molar-refractivity contribution in [2.75, 3.05) is 0 Å². The zero-order valence-electron chi connectivity index (χ0n) is 10.8. The van der Waals surface area contributed by atoms with Crippen LogP contribution in [-0.4, -0.2) is 11.9 Å². The molecule has 0 unspecified atom stereocenters. The molecule has 0 atom stereocenters. The van der Waals surface area contributed by atoms with E-state index in [1.165, 1.54) is 6.08 Å². The molecule has 0 aliphatic carbocycles. The molecule has 2 aromatic rings. The molecule has 2 aromatic carbocycles. The van der Waals surface area contributed by atoms with Crippen LogP contribution < -0.4 is 11.1 Å².